The molecule has 128 valence electrons. The third-order valence-electron chi connectivity index (χ3n) is 4.10. The Hall–Kier alpha value is -2.88. The van der Waals surface area contributed by atoms with Gasteiger partial charge in [-0.3, -0.25) is 0 Å². The Balaban J connectivity index is 1.80. The number of anilines is 4. The number of nitrogens with zero attached hydrogens (tertiary/aromatic N) is 2. The zero-order valence-electron chi connectivity index (χ0n) is 15.2. The molecule has 0 aliphatic carbocycles. The molecule has 1 heterocycles. The predicted octanol–water partition coefficient (Wildman–Crippen LogP) is 5.70. The number of aromatic nitrogens is 2. The van der Waals surface area contributed by atoms with E-state index in [-0.39, 0.29) is 0 Å². The van der Waals surface area contributed by atoms with Crippen LogP contribution in [0, 0.1) is 13.8 Å². The molecule has 2 N–H and O–H groups in total. The van der Waals surface area contributed by atoms with Crippen molar-refractivity contribution in [3.63, 3.8) is 0 Å². The monoisotopic (exact) mass is 332 g/mol. The molecule has 0 aliphatic heterocycles. The molecule has 0 fully saturated rings. The molecular formula is C21H24N4. The third kappa shape index (κ3) is 4.35. The maximum absolute atomic E-state index is 4.59. The van der Waals surface area contributed by atoms with E-state index in [4.69, 9.17) is 0 Å². The van der Waals surface area contributed by atoms with Gasteiger partial charge in [-0.2, -0.15) is 4.98 Å². The van der Waals surface area contributed by atoms with Gasteiger partial charge in [0, 0.05) is 23.1 Å². The Morgan fingerprint density at radius 3 is 2.24 bits per heavy atom. The van der Waals surface area contributed by atoms with Crippen LogP contribution in [-0.2, 0) is 0 Å². The Labute approximate surface area is 149 Å². The zero-order chi connectivity index (χ0) is 17.8. The Morgan fingerprint density at radius 1 is 0.840 bits per heavy atom. The molecule has 0 unspecified atom stereocenters. The van der Waals surface area contributed by atoms with Crippen LogP contribution < -0.4 is 10.6 Å². The van der Waals surface area contributed by atoms with Gasteiger partial charge in [-0.25, -0.2) is 4.98 Å². The highest BCUT2D eigenvalue weighted by Crippen LogP contribution is 2.22. The molecule has 4 nitrogen and oxygen atoms in total. The van der Waals surface area contributed by atoms with E-state index in [0.29, 0.717) is 11.9 Å². The highest BCUT2D eigenvalue weighted by atomic mass is 15.1. The molecule has 0 spiro atoms. The van der Waals surface area contributed by atoms with Gasteiger partial charge in [-0.05, 0) is 49.1 Å². The second-order valence-corrected chi connectivity index (χ2v) is 6.56. The molecule has 3 rings (SSSR count). The van der Waals surface area contributed by atoms with E-state index in [1.807, 2.05) is 31.2 Å². The molecule has 4 heteroatoms. The number of para-hydroxylation sites is 1. The van der Waals surface area contributed by atoms with Gasteiger partial charge in [0.1, 0.15) is 5.82 Å². The molecule has 0 bridgehead atoms. The summed E-state index contributed by atoms with van der Waals surface area (Å²) in [7, 11) is 0. The first kappa shape index (κ1) is 17.0. The van der Waals surface area contributed by atoms with Crippen molar-refractivity contribution in [2.24, 2.45) is 0 Å². The predicted molar refractivity (Wildman–Crippen MR) is 105 cm³/mol. The second-order valence-electron chi connectivity index (χ2n) is 6.56. The van der Waals surface area contributed by atoms with E-state index >= 15 is 0 Å². The summed E-state index contributed by atoms with van der Waals surface area (Å²) in [6.45, 7) is 8.43. The van der Waals surface area contributed by atoms with E-state index in [1.165, 1.54) is 11.1 Å². The minimum atomic E-state index is 0.522. The van der Waals surface area contributed by atoms with E-state index in [9.17, 15) is 0 Å². The minimum absolute atomic E-state index is 0.522. The maximum Gasteiger partial charge on any atom is 0.229 e. The standard InChI is InChI=1S/C21H24N4/c1-14(2)17-9-11-18(12-10-17)23-21-22-16(4)13-20(25-21)24-19-8-6-5-7-15(19)3/h5-14H,1-4H3,(H2,22,23,24,25). The van der Waals surface area contributed by atoms with Crippen LogP contribution in [0.5, 0.6) is 0 Å². The number of hydrogen-bond acceptors (Lipinski definition) is 4. The van der Waals surface area contributed by atoms with Crippen LogP contribution in [0.25, 0.3) is 0 Å². The second kappa shape index (κ2) is 7.34. The lowest BCUT2D eigenvalue weighted by Gasteiger charge is -2.12. The van der Waals surface area contributed by atoms with Crippen molar-refractivity contribution in [3.8, 4) is 0 Å². The molecule has 2 aromatic carbocycles. The SMILES string of the molecule is Cc1cc(Nc2ccccc2C)nc(Nc2ccc(C(C)C)cc2)n1. The van der Waals surface area contributed by atoms with Crippen LogP contribution in [0.15, 0.2) is 54.6 Å². The molecule has 0 radical (unpaired) electrons. The van der Waals surface area contributed by atoms with Crippen molar-refractivity contribution in [1.29, 1.82) is 0 Å². The summed E-state index contributed by atoms with van der Waals surface area (Å²) in [6, 6.07) is 18.5. The lowest BCUT2D eigenvalue weighted by Crippen LogP contribution is -2.03. The van der Waals surface area contributed by atoms with Crippen LogP contribution in [0.3, 0.4) is 0 Å². The average molecular weight is 332 g/mol. The average Bonchev–Trinajstić information content (AvgIpc) is 2.57. The Kier molecular flexibility index (Phi) is 4.98. The summed E-state index contributed by atoms with van der Waals surface area (Å²) in [6.07, 6.45) is 0. The maximum atomic E-state index is 4.59. The lowest BCUT2D eigenvalue weighted by atomic mass is 10.0. The molecular weight excluding hydrogens is 308 g/mol. The summed E-state index contributed by atoms with van der Waals surface area (Å²) in [4.78, 5) is 9.08. The number of hydrogen-bond donors (Lipinski definition) is 2. The van der Waals surface area contributed by atoms with Gasteiger partial charge in [0.2, 0.25) is 5.95 Å². The van der Waals surface area contributed by atoms with E-state index < -0.39 is 0 Å². The van der Waals surface area contributed by atoms with Crippen molar-refractivity contribution in [1.82, 2.24) is 9.97 Å². The number of benzene rings is 2. The van der Waals surface area contributed by atoms with Crippen molar-refractivity contribution < 1.29 is 0 Å². The largest absolute Gasteiger partial charge is 0.340 e. The summed E-state index contributed by atoms with van der Waals surface area (Å²) < 4.78 is 0. The summed E-state index contributed by atoms with van der Waals surface area (Å²) in [5.41, 5.74) is 5.44. The number of aryl methyl sites for hydroxylation is 2. The van der Waals surface area contributed by atoms with Gasteiger partial charge in [-0.15, -0.1) is 0 Å². The highest BCUT2D eigenvalue weighted by molar-refractivity contribution is 5.62. The first-order chi connectivity index (χ1) is 12.0. The van der Waals surface area contributed by atoms with Crippen LogP contribution in [0.4, 0.5) is 23.1 Å². The van der Waals surface area contributed by atoms with Gasteiger partial charge in [-0.1, -0.05) is 44.2 Å². The normalized spacial score (nSPS) is 10.8. The summed E-state index contributed by atoms with van der Waals surface area (Å²) in [5, 5.41) is 6.66. The number of rotatable bonds is 5. The fraction of sp³-hybridized carbons (Fsp3) is 0.238. The zero-order valence-corrected chi connectivity index (χ0v) is 15.2. The molecule has 25 heavy (non-hydrogen) atoms. The smallest absolute Gasteiger partial charge is 0.229 e. The minimum Gasteiger partial charge on any atom is -0.340 e. The van der Waals surface area contributed by atoms with Crippen molar-refractivity contribution in [2.75, 3.05) is 10.6 Å². The molecule has 0 saturated heterocycles. The van der Waals surface area contributed by atoms with Gasteiger partial charge in [0.15, 0.2) is 0 Å². The first-order valence-corrected chi connectivity index (χ1v) is 8.56. The van der Waals surface area contributed by atoms with E-state index in [0.717, 1.165) is 22.9 Å². The van der Waals surface area contributed by atoms with Crippen molar-refractivity contribution in [3.05, 3.63) is 71.4 Å². The number of nitrogens with one attached hydrogen (secondary N) is 2. The lowest BCUT2D eigenvalue weighted by molar-refractivity contribution is 0.867. The quantitative estimate of drug-likeness (QED) is 0.629. The molecule has 1 aromatic heterocycles. The fourth-order valence-corrected chi connectivity index (χ4v) is 2.62. The third-order valence-corrected chi connectivity index (χ3v) is 4.10. The van der Waals surface area contributed by atoms with Crippen molar-refractivity contribution >= 4 is 23.1 Å². The molecule has 0 saturated carbocycles. The molecule has 3 aromatic rings. The Bertz CT molecular complexity index is 854. The molecule has 0 amide bonds. The highest BCUT2D eigenvalue weighted by Gasteiger charge is 2.05. The van der Waals surface area contributed by atoms with Crippen LogP contribution >= 0.6 is 0 Å². The molecule has 0 aliphatic rings. The molecule has 0 atom stereocenters. The Morgan fingerprint density at radius 2 is 1.56 bits per heavy atom. The summed E-state index contributed by atoms with van der Waals surface area (Å²) in [5.74, 6) is 1.89. The van der Waals surface area contributed by atoms with Crippen LogP contribution in [-0.4, -0.2) is 9.97 Å². The van der Waals surface area contributed by atoms with Gasteiger partial charge < -0.3 is 10.6 Å². The fourth-order valence-electron chi connectivity index (χ4n) is 2.62. The van der Waals surface area contributed by atoms with Gasteiger partial charge >= 0.3 is 0 Å². The van der Waals surface area contributed by atoms with E-state index in [1.54, 1.807) is 0 Å². The van der Waals surface area contributed by atoms with Crippen molar-refractivity contribution in [2.45, 2.75) is 33.6 Å². The van der Waals surface area contributed by atoms with E-state index in [2.05, 4.69) is 71.7 Å². The van der Waals surface area contributed by atoms with Gasteiger partial charge in [0.25, 0.3) is 0 Å². The topological polar surface area (TPSA) is 49.8 Å². The van der Waals surface area contributed by atoms with Gasteiger partial charge in [0.05, 0.1) is 0 Å². The van der Waals surface area contributed by atoms with Crippen LogP contribution in [0.2, 0.25) is 0 Å². The van der Waals surface area contributed by atoms with Crippen LogP contribution in [0.1, 0.15) is 36.6 Å². The summed E-state index contributed by atoms with van der Waals surface area (Å²) >= 11 is 0. The first-order valence-electron chi connectivity index (χ1n) is 8.56.